The van der Waals surface area contributed by atoms with Gasteiger partial charge in [0.15, 0.2) is 46.5 Å². The second-order valence-corrected chi connectivity index (χ2v) is 5.85. The van der Waals surface area contributed by atoms with Gasteiger partial charge < -0.3 is 9.47 Å². The molecule has 34 heavy (non-hydrogen) atoms. The fraction of sp³-hybridized carbons (Fsp3) is 0.222. The fourth-order valence-corrected chi connectivity index (χ4v) is 2.22. The molecule has 2 rings (SSSR count). The summed E-state index contributed by atoms with van der Waals surface area (Å²) in [7, 11) is 0. The number of halogens is 14. The molecule has 0 amide bonds. The maximum Gasteiger partial charge on any atom is 0.390 e. The number of hydrogen-bond acceptors (Lipinski definition) is 2. The van der Waals surface area contributed by atoms with Crippen molar-refractivity contribution < 1.29 is 70.9 Å². The van der Waals surface area contributed by atoms with Crippen LogP contribution in [-0.2, 0) is 21.7 Å². The van der Waals surface area contributed by atoms with Gasteiger partial charge in [-0.15, -0.1) is 0 Å². The molecule has 2 aromatic carbocycles. The van der Waals surface area contributed by atoms with Crippen LogP contribution in [0.4, 0.5) is 61.5 Å². The predicted molar refractivity (Wildman–Crippen MR) is 79.9 cm³/mol. The van der Waals surface area contributed by atoms with E-state index in [1.54, 1.807) is 0 Å². The molecule has 0 aliphatic carbocycles. The molecule has 0 aliphatic rings. The van der Waals surface area contributed by atoms with E-state index < -0.39 is 94.7 Å². The van der Waals surface area contributed by atoms with Gasteiger partial charge in [-0.2, -0.15) is 17.6 Å². The van der Waals surface area contributed by atoms with E-state index in [0.717, 1.165) is 0 Å². The molecule has 2 aromatic rings. The number of rotatable bonds is 6. The van der Waals surface area contributed by atoms with E-state index in [0.29, 0.717) is 0 Å². The van der Waals surface area contributed by atoms with Crippen molar-refractivity contribution in [1.82, 2.24) is 0 Å². The summed E-state index contributed by atoms with van der Waals surface area (Å²) < 4.78 is 194. The van der Waals surface area contributed by atoms with E-state index in [9.17, 15) is 61.5 Å². The average Bonchev–Trinajstić information content (AvgIpc) is 2.75. The van der Waals surface area contributed by atoms with Gasteiger partial charge in [-0.3, -0.25) is 0 Å². The molecule has 16 heteroatoms. The summed E-state index contributed by atoms with van der Waals surface area (Å²) in [5.41, 5.74) is -5.36. The lowest BCUT2D eigenvalue weighted by molar-refractivity contribution is -0.246. The van der Waals surface area contributed by atoms with Gasteiger partial charge in [-0.05, 0) is 0 Å². The molecular weight excluding hydrogens is 514 g/mol. The van der Waals surface area contributed by atoms with Gasteiger partial charge in [0.05, 0.1) is 0 Å². The first-order valence-corrected chi connectivity index (χ1v) is 8.09. The second-order valence-electron chi connectivity index (χ2n) is 5.85. The molecule has 2 nitrogen and oxygen atoms in total. The highest BCUT2D eigenvalue weighted by molar-refractivity contribution is 5.27. The molecule has 0 aliphatic heterocycles. The van der Waals surface area contributed by atoms with Crippen molar-refractivity contribution in [2.45, 2.75) is 12.2 Å². The zero-order chi connectivity index (χ0) is 26.2. The molecule has 0 unspecified atom stereocenters. The second kappa shape index (κ2) is 9.66. The van der Waals surface area contributed by atoms with Crippen LogP contribution >= 0.6 is 0 Å². The normalized spacial score (nSPS) is 12.1. The third-order valence-corrected chi connectivity index (χ3v) is 3.78. The van der Waals surface area contributed by atoms with E-state index in [2.05, 4.69) is 9.47 Å². The van der Waals surface area contributed by atoms with E-state index in [4.69, 9.17) is 0 Å². The van der Waals surface area contributed by atoms with E-state index >= 15 is 0 Å². The Labute approximate surface area is 178 Å². The zero-order valence-electron chi connectivity index (χ0n) is 15.5. The summed E-state index contributed by atoms with van der Waals surface area (Å²) in [6.07, 6.45) is -10.3. The Bertz CT molecular complexity index is 1030. The quantitative estimate of drug-likeness (QED) is 0.205. The molecule has 0 bridgehead atoms. The molecule has 0 saturated carbocycles. The standard InChI is InChI=1S/C18H4F14O2/c19-7-5(8(20)12(24)15(27)11(7)23)17(29,30)33-3-1-2-4-34-18(31,32)6-9(21)13(25)16(28)14(26)10(6)22/h3-4H2. The molecule has 0 fully saturated rings. The van der Waals surface area contributed by atoms with Crippen molar-refractivity contribution in [2.24, 2.45) is 0 Å². The Morgan fingerprint density at radius 1 is 0.412 bits per heavy atom. The van der Waals surface area contributed by atoms with Crippen molar-refractivity contribution in [3.8, 4) is 11.8 Å². The maximum atomic E-state index is 13.7. The smallest absolute Gasteiger partial charge is 0.303 e. The summed E-state index contributed by atoms with van der Waals surface area (Å²) in [6.45, 7) is -3.21. The van der Waals surface area contributed by atoms with Crippen LogP contribution in [0.3, 0.4) is 0 Å². The Morgan fingerprint density at radius 3 is 0.853 bits per heavy atom. The van der Waals surface area contributed by atoms with Crippen LogP contribution < -0.4 is 0 Å². The van der Waals surface area contributed by atoms with Crippen LogP contribution in [0.2, 0.25) is 0 Å². The lowest BCUT2D eigenvalue weighted by atomic mass is 10.1. The molecular formula is C18H4F14O2. The first kappa shape index (κ1) is 27.2. The lowest BCUT2D eigenvalue weighted by Crippen LogP contribution is -2.25. The van der Waals surface area contributed by atoms with Gasteiger partial charge in [0.1, 0.15) is 24.3 Å². The van der Waals surface area contributed by atoms with E-state index in [1.165, 1.54) is 11.8 Å². The van der Waals surface area contributed by atoms with Crippen molar-refractivity contribution in [3.05, 3.63) is 69.3 Å². The summed E-state index contributed by atoms with van der Waals surface area (Å²) in [5, 5.41) is 0. The predicted octanol–water partition coefficient (Wildman–Crippen LogP) is 5.91. The zero-order valence-corrected chi connectivity index (χ0v) is 15.5. The monoisotopic (exact) mass is 518 g/mol. The summed E-state index contributed by atoms with van der Waals surface area (Å²) in [5.74, 6) is -25.1. The van der Waals surface area contributed by atoms with Crippen LogP contribution in [0.15, 0.2) is 0 Å². The third-order valence-electron chi connectivity index (χ3n) is 3.78. The van der Waals surface area contributed by atoms with Crippen LogP contribution in [0, 0.1) is 70.0 Å². The number of benzene rings is 2. The molecule has 186 valence electrons. The molecule has 0 heterocycles. The van der Waals surface area contributed by atoms with Gasteiger partial charge in [0.25, 0.3) is 0 Å². The average molecular weight is 518 g/mol. The first-order valence-electron chi connectivity index (χ1n) is 8.09. The van der Waals surface area contributed by atoms with Gasteiger partial charge >= 0.3 is 12.2 Å². The maximum absolute atomic E-state index is 13.7. The SMILES string of the molecule is Fc1c(F)c(F)c(C(F)(F)OCC#CCOC(F)(F)c2c(F)c(F)c(F)c(F)c2F)c(F)c1F. The van der Waals surface area contributed by atoms with E-state index in [-0.39, 0.29) is 0 Å². The van der Waals surface area contributed by atoms with Gasteiger partial charge in [-0.25, -0.2) is 43.9 Å². The lowest BCUT2D eigenvalue weighted by Gasteiger charge is -2.18. The number of ether oxygens (including phenoxy) is 2. The highest BCUT2D eigenvalue weighted by Gasteiger charge is 2.44. The van der Waals surface area contributed by atoms with Crippen LogP contribution in [0.1, 0.15) is 11.1 Å². The Morgan fingerprint density at radius 2 is 0.618 bits per heavy atom. The Kier molecular flexibility index (Phi) is 7.73. The van der Waals surface area contributed by atoms with Crippen molar-refractivity contribution >= 4 is 0 Å². The number of alkyl halides is 4. The van der Waals surface area contributed by atoms with Gasteiger partial charge in [0, 0.05) is 0 Å². The molecule has 0 N–H and O–H groups in total. The highest BCUT2D eigenvalue weighted by Crippen LogP contribution is 2.37. The number of hydrogen-bond donors (Lipinski definition) is 0. The van der Waals surface area contributed by atoms with Gasteiger partial charge in [0.2, 0.25) is 11.6 Å². The molecule has 0 radical (unpaired) electrons. The Balaban J connectivity index is 2.13. The van der Waals surface area contributed by atoms with Crippen LogP contribution in [0.25, 0.3) is 0 Å². The van der Waals surface area contributed by atoms with Crippen LogP contribution in [-0.4, -0.2) is 13.2 Å². The molecule has 0 saturated heterocycles. The summed E-state index contributed by atoms with van der Waals surface area (Å²) >= 11 is 0. The summed E-state index contributed by atoms with van der Waals surface area (Å²) in [4.78, 5) is 0. The highest BCUT2D eigenvalue weighted by atomic mass is 19.3. The minimum Gasteiger partial charge on any atom is -0.303 e. The topological polar surface area (TPSA) is 18.5 Å². The van der Waals surface area contributed by atoms with Crippen molar-refractivity contribution in [3.63, 3.8) is 0 Å². The fourth-order valence-electron chi connectivity index (χ4n) is 2.22. The molecule has 0 aromatic heterocycles. The third kappa shape index (κ3) is 4.89. The van der Waals surface area contributed by atoms with Gasteiger partial charge in [-0.1, -0.05) is 11.8 Å². The molecule has 0 spiro atoms. The van der Waals surface area contributed by atoms with Crippen molar-refractivity contribution in [2.75, 3.05) is 13.2 Å². The summed E-state index contributed by atoms with van der Waals surface area (Å²) in [6, 6.07) is 0. The largest absolute Gasteiger partial charge is 0.390 e. The minimum atomic E-state index is -5.17. The van der Waals surface area contributed by atoms with Crippen molar-refractivity contribution in [1.29, 1.82) is 0 Å². The first-order chi connectivity index (χ1) is 15.6. The van der Waals surface area contributed by atoms with E-state index in [1.807, 2.05) is 0 Å². The minimum absolute atomic E-state index is 1.46. The Hall–Kier alpha value is -3.06. The van der Waals surface area contributed by atoms with Crippen LogP contribution in [0.5, 0.6) is 0 Å². The molecule has 0 atom stereocenters.